The highest BCUT2D eigenvalue weighted by Crippen LogP contribution is 2.25. The van der Waals surface area contributed by atoms with Crippen molar-refractivity contribution in [3.05, 3.63) is 63.6 Å². The molecule has 0 saturated heterocycles. The van der Waals surface area contributed by atoms with Crippen molar-refractivity contribution in [3.63, 3.8) is 0 Å². The van der Waals surface area contributed by atoms with Gasteiger partial charge in [-0.05, 0) is 30.7 Å². The van der Waals surface area contributed by atoms with Crippen molar-refractivity contribution in [2.24, 2.45) is 0 Å². The molecule has 0 fully saturated rings. The van der Waals surface area contributed by atoms with E-state index in [-0.39, 0.29) is 19.1 Å². The Kier molecular flexibility index (Phi) is 7.71. The number of hydrogen-bond acceptors (Lipinski definition) is 4. The molecule has 0 aliphatic carbocycles. The van der Waals surface area contributed by atoms with Crippen molar-refractivity contribution in [2.45, 2.75) is 19.5 Å². The van der Waals surface area contributed by atoms with Gasteiger partial charge in [0, 0.05) is 12.1 Å². The molecule has 28 heavy (non-hydrogen) atoms. The fourth-order valence-electron chi connectivity index (χ4n) is 2.68. The van der Waals surface area contributed by atoms with Crippen LogP contribution in [-0.4, -0.2) is 38.5 Å². The van der Waals surface area contributed by atoms with Gasteiger partial charge in [-0.15, -0.1) is 0 Å². The molecular formula is C19H22Cl2N2O4S. The number of halogens is 2. The minimum absolute atomic E-state index is 0.00613. The average Bonchev–Trinajstić information content (AvgIpc) is 2.63. The van der Waals surface area contributed by atoms with Crippen LogP contribution in [0, 0.1) is 0 Å². The fraction of sp³-hybridized carbons (Fsp3) is 0.316. The zero-order chi connectivity index (χ0) is 20.9. The number of carbonyl (C=O) groups is 1. The van der Waals surface area contributed by atoms with Gasteiger partial charge in [-0.25, -0.2) is 8.42 Å². The standard InChI is InChI=1S/C19H22Cl2N2O4S/c1-13(15-6-4-5-7-18(15)27-2)22-19(24)12-23(28(3,25)26)11-14-8-9-16(20)17(21)10-14/h4-10,13H,11-12H2,1-3H3,(H,22,24)/t13-/m1/s1. The van der Waals surface area contributed by atoms with Gasteiger partial charge in [0.05, 0.1) is 36.0 Å². The molecule has 2 rings (SSSR count). The molecule has 9 heteroatoms. The molecule has 1 N–H and O–H groups in total. The van der Waals surface area contributed by atoms with E-state index >= 15 is 0 Å². The summed E-state index contributed by atoms with van der Waals surface area (Å²) in [6.45, 7) is 1.49. The minimum atomic E-state index is -3.62. The maximum atomic E-state index is 12.5. The molecule has 0 heterocycles. The molecule has 0 unspecified atom stereocenters. The van der Waals surface area contributed by atoms with Crippen molar-refractivity contribution in [2.75, 3.05) is 19.9 Å². The van der Waals surface area contributed by atoms with Crippen molar-refractivity contribution >= 4 is 39.1 Å². The van der Waals surface area contributed by atoms with Crippen LogP contribution in [-0.2, 0) is 21.4 Å². The van der Waals surface area contributed by atoms with Crippen LogP contribution in [0.2, 0.25) is 10.0 Å². The van der Waals surface area contributed by atoms with Gasteiger partial charge in [0.1, 0.15) is 5.75 Å². The van der Waals surface area contributed by atoms with E-state index in [1.54, 1.807) is 38.3 Å². The minimum Gasteiger partial charge on any atom is -0.496 e. The van der Waals surface area contributed by atoms with Crippen LogP contribution in [0.3, 0.4) is 0 Å². The number of nitrogens with zero attached hydrogens (tertiary/aromatic N) is 1. The summed E-state index contributed by atoms with van der Waals surface area (Å²) in [7, 11) is -2.07. The van der Waals surface area contributed by atoms with Crippen LogP contribution in [0.25, 0.3) is 0 Å². The lowest BCUT2D eigenvalue weighted by Crippen LogP contribution is -2.40. The number of nitrogens with one attached hydrogen (secondary N) is 1. The molecule has 6 nitrogen and oxygen atoms in total. The highest BCUT2D eigenvalue weighted by molar-refractivity contribution is 7.88. The molecule has 0 aromatic heterocycles. The van der Waals surface area contributed by atoms with Gasteiger partial charge in [0.2, 0.25) is 15.9 Å². The van der Waals surface area contributed by atoms with Crippen molar-refractivity contribution in [3.8, 4) is 5.75 Å². The van der Waals surface area contributed by atoms with E-state index in [4.69, 9.17) is 27.9 Å². The Hall–Kier alpha value is -1.80. The van der Waals surface area contributed by atoms with Crippen LogP contribution in [0.4, 0.5) is 0 Å². The van der Waals surface area contributed by atoms with E-state index in [1.165, 1.54) is 0 Å². The van der Waals surface area contributed by atoms with Gasteiger partial charge in [-0.3, -0.25) is 4.79 Å². The molecule has 152 valence electrons. The van der Waals surface area contributed by atoms with Crippen LogP contribution in [0.15, 0.2) is 42.5 Å². The quantitative estimate of drug-likeness (QED) is 0.673. The molecule has 0 aliphatic heterocycles. The Bertz CT molecular complexity index is 951. The number of para-hydroxylation sites is 1. The van der Waals surface area contributed by atoms with E-state index in [1.807, 2.05) is 18.2 Å². The van der Waals surface area contributed by atoms with Gasteiger partial charge < -0.3 is 10.1 Å². The van der Waals surface area contributed by atoms with Crippen molar-refractivity contribution in [1.82, 2.24) is 9.62 Å². The summed E-state index contributed by atoms with van der Waals surface area (Å²) in [6.07, 6.45) is 1.06. The second kappa shape index (κ2) is 9.60. The number of benzene rings is 2. The Balaban J connectivity index is 2.11. The van der Waals surface area contributed by atoms with Gasteiger partial charge in [0.15, 0.2) is 0 Å². The second-order valence-electron chi connectivity index (χ2n) is 6.31. The van der Waals surface area contributed by atoms with E-state index in [9.17, 15) is 13.2 Å². The lowest BCUT2D eigenvalue weighted by molar-refractivity contribution is -0.122. The summed E-state index contributed by atoms with van der Waals surface area (Å²) >= 11 is 11.9. The SMILES string of the molecule is COc1ccccc1[C@@H](C)NC(=O)CN(Cc1ccc(Cl)c(Cl)c1)S(C)(=O)=O. The fourth-order valence-corrected chi connectivity index (χ4v) is 3.74. The predicted octanol–water partition coefficient (Wildman–Crippen LogP) is 3.64. The third-order valence-electron chi connectivity index (χ3n) is 4.11. The summed E-state index contributed by atoms with van der Waals surface area (Å²) in [5.41, 5.74) is 1.43. The number of rotatable bonds is 8. The number of hydrogen-bond donors (Lipinski definition) is 1. The topological polar surface area (TPSA) is 75.7 Å². The van der Waals surface area contributed by atoms with E-state index in [2.05, 4.69) is 5.32 Å². The molecule has 0 bridgehead atoms. The normalized spacial score (nSPS) is 12.6. The zero-order valence-corrected chi connectivity index (χ0v) is 18.1. The average molecular weight is 445 g/mol. The second-order valence-corrected chi connectivity index (χ2v) is 9.11. The van der Waals surface area contributed by atoms with E-state index < -0.39 is 15.9 Å². The summed E-state index contributed by atoms with van der Waals surface area (Å²) in [6, 6.07) is 11.8. The van der Waals surface area contributed by atoms with Gasteiger partial charge in [-0.1, -0.05) is 47.5 Å². The van der Waals surface area contributed by atoms with Crippen molar-refractivity contribution in [1.29, 1.82) is 0 Å². The molecule has 0 radical (unpaired) electrons. The number of ether oxygens (including phenoxy) is 1. The number of carbonyl (C=O) groups excluding carboxylic acids is 1. The molecular weight excluding hydrogens is 423 g/mol. The maximum absolute atomic E-state index is 12.5. The maximum Gasteiger partial charge on any atom is 0.235 e. The Morgan fingerprint density at radius 2 is 1.86 bits per heavy atom. The number of amides is 1. The van der Waals surface area contributed by atoms with Gasteiger partial charge in [0.25, 0.3) is 0 Å². The van der Waals surface area contributed by atoms with E-state index in [0.29, 0.717) is 21.4 Å². The van der Waals surface area contributed by atoms with Gasteiger partial charge >= 0.3 is 0 Å². The molecule has 2 aromatic carbocycles. The first-order chi connectivity index (χ1) is 13.1. The van der Waals surface area contributed by atoms with E-state index in [0.717, 1.165) is 16.1 Å². The zero-order valence-electron chi connectivity index (χ0n) is 15.8. The monoisotopic (exact) mass is 444 g/mol. The number of methoxy groups -OCH3 is 1. The molecule has 0 aliphatic rings. The summed E-state index contributed by atoms with van der Waals surface area (Å²) in [5.74, 6) is 0.218. The predicted molar refractivity (Wildman–Crippen MR) is 111 cm³/mol. The van der Waals surface area contributed by atoms with Crippen LogP contribution >= 0.6 is 23.2 Å². The lowest BCUT2D eigenvalue weighted by Gasteiger charge is -2.22. The first kappa shape index (κ1) is 22.5. The molecule has 1 amide bonds. The van der Waals surface area contributed by atoms with Gasteiger partial charge in [-0.2, -0.15) is 4.31 Å². The first-order valence-corrected chi connectivity index (χ1v) is 11.0. The third kappa shape index (κ3) is 6.10. The van der Waals surface area contributed by atoms with Crippen LogP contribution in [0.5, 0.6) is 5.75 Å². The Morgan fingerprint density at radius 3 is 2.46 bits per heavy atom. The smallest absolute Gasteiger partial charge is 0.235 e. The van der Waals surface area contributed by atoms with Crippen molar-refractivity contribution < 1.29 is 17.9 Å². The largest absolute Gasteiger partial charge is 0.496 e. The highest BCUT2D eigenvalue weighted by atomic mass is 35.5. The molecule has 0 spiro atoms. The highest BCUT2D eigenvalue weighted by Gasteiger charge is 2.22. The Morgan fingerprint density at radius 1 is 1.18 bits per heavy atom. The lowest BCUT2D eigenvalue weighted by atomic mass is 10.1. The molecule has 2 aromatic rings. The summed E-state index contributed by atoms with van der Waals surface area (Å²) in [4.78, 5) is 12.5. The summed E-state index contributed by atoms with van der Waals surface area (Å²) < 4.78 is 30.7. The summed E-state index contributed by atoms with van der Waals surface area (Å²) in [5, 5.41) is 3.50. The third-order valence-corrected chi connectivity index (χ3v) is 6.05. The molecule has 1 atom stereocenters. The Labute approximate surface area is 175 Å². The molecule has 0 saturated carbocycles. The number of sulfonamides is 1. The van der Waals surface area contributed by atoms with Crippen LogP contribution < -0.4 is 10.1 Å². The first-order valence-electron chi connectivity index (χ1n) is 8.43. The van der Waals surface area contributed by atoms with Crippen LogP contribution in [0.1, 0.15) is 24.1 Å².